The maximum atomic E-state index is 13.8. The maximum Gasteiger partial charge on any atom is 0.408 e. The van der Waals surface area contributed by atoms with Crippen molar-refractivity contribution in [2.75, 3.05) is 25.1 Å². The zero-order valence-electron chi connectivity index (χ0n) is 20.9. The van der Waals surface area contributed by atoms with Crippen LogP contribution in [0, 0.1) is 11.6 Å². The van der Waals surface area contributed by atoms with Crippen molar-refractivity contribution >= 4 is 17.7 Å². The van der Waals surface area contributed by atoms with Gasteiger partial charge in [-0.3, -0.25) is 4.98 Å². The largest absolute Gasteiger partial charge is 0.465 e. The molecule has 12 heteroatoms. The van der Waals surface area contributed by atoms with Crippen molar-refractivity contribution in [2.24, 2.45) is 0 Å². The molecular weight excluding hydrogens is 498 g/mol. The predicted molar refractivity (Wildman–Crippen MR) is 126 cm³/mol. The molecule has 2 unspecified atom stereocenters. The number of anilines is 1. The van der Waals surface area contributed by atoms with Crippen LogP contribution >= 0.6 is 0 Å². The Hall–Kier alpha value is -3.41. The molecule has 1 aliphatic rings. The summed E-state index contributed by atoms with van der Waals surface area (Å²) in [5, 5.41) is 12.9. The van der Waals surface area contributed by atoms with Gasteiger partial charge in [-0.25, -0.2) is 27.2 Å². The number of hydrogen-bond acceptors (Lipinski definition) is 7. The van der Waals surface area contributed by atoms with Gasteiger partial charge in [0.1, 0.15) is 11.7 Å². The lowest BCUT2D eigenvalue weighted by Gasteiger charge is -2.46. The van der Waals surface area contributed by atoms with Gasteiger partial charge in [0.2, 0.25) is 0 Å². The first-order chi connectivity index (χ1) is 17.3. The number of methoxy groups -OCH3 is 1. The fraction of sp³-hybridized carbons (Fsp3) is 0.480. The molecular formula is C25H29F4N3O5. The van der Waals surface area contributed by atoms with Gasteiger partial charge in [-0.15, -0.1) is 0 Å². The molecule has 0 saturated carbocycles. The first-order valence-corrected chi connectivity index (χ1v) is 11.5. The van der Waals surface area contributed by atoms with Gasteiger partial charge < -0.3 is 24.8 Å². The molecule has 1 fully saturated rings. The quantitative estimate of drug-likeness (QED) is 0.427. The number of aliphatic hydroxyl groups is 1. The second-order valence-corrected chi connectivity index (χ2v) is 9.79. The topological polar surface area (TPSA) is 101 Å². The average molecular weight is 528 g/mol. The number of alkyl halides is 2. The summed E-state index contributed by atoms with van der Waals surface area (Å²) in [5.74, 6) is -2.93. The van der Waals surface area contributed by atoms with E-state index in [4.69, 9.17) is 9.47 Å². The van der Waals surface area contributed by atoms with Crippen molar-refractivity contribution in [1.29, 1.82) is 0 Å². The molecule has 1 aromatic carbocycles. The summed E-state index contributed by atoms with van der Waals surface area (Å²) in [7, 11) is 1.15. The number of esters is 1. The predicted octanol–water partition coefficient (Wildman–Crippen LogP) is 4.30. The minimum atomic E-state index is -3.18. The fourth-order valence-corrected chi connectivity index (χ4v) is 4.24. The molecule has 2 heterocycles. The number of ether oxygens (including phenoxy) is 2. The van der Waals surface area contributed by atoms with Gasteiger partial charge in [0, 0.05) is 18.7 Å². The normalized spacial score (nSPS) is 18.9. The number of amides is 1. The fourth-order valence-electron chi connectivity index (χ4n) is 4.24. The maximum absolute atomic E-state index is 13.8. The third-order valence-corrected chi connectivity index (χ3v) is 5.92. The van der Waals surface area contributed by atoms with Crippen LogP contribution in [0.1, 0.15) is 44.0 Å². The minimum absolute atomic E-state index is 0.0160. The Balaban J connectivity index is 2.01. The molecule has 2 N–H and O–H groups in total. The van der Waals surface area contributed by atoms with Crippen molar-refractivity contribution in [3.05, 3.63) is 47.7 Å². The van der Waals surface area contributed by atoms with Crippen LogP contribution in [0.15, 0.2) is 30.5 Å². The zero-order chi connectivity index (χ0) is 27.5. The van der Waals surface area contributed by atoms with E-state index in [0.29, 0.717) is 0 Å². The zero-order valence-corrected chi connectivity index (χ0v) is 20.9. The summed E-state index contributed by atoms with van der Waals surface area (Å²) in [5.41, 5.74) is -2.20. The summed E-state index contributed by atoms with van der Waals surface area (Å²) < 4.78 is 64.7. The third kappa shape index (κ3) is 6.48. The Kier molecular flexibility index (Phi) is 8.31. The van der Waals surface area contributed by atoms with E-state index in [1.807, 2.05) is 0 Å². The summed E-state index contributed by atoms with van der Waals surface area (Å²) >= 11 is 0. The Bertz CT molecular complexity index is 1160. The molecule has 2 atom stereocenters. The first kappa shape index (κ1) is 28.2. The van der Waals surface area contributed by atoms with Crippen molar-refractivity contribution < 1.29 is 41.7 Å². The lowest BCUT2D eigenvalue weighted by molar-refractivity contribution is -0.0664. The van der Waals surface area contributed by atoms with Crippen LogP contribution in [0.25, 0.3) is 11.3 Å². The van der Waals surface area contributed by atoms with Crippen molar-refractivity contribution in [3.63, 3.8) is 0 Å². The number of benzene rings is 1. The first-order valence-electron chi connectivity index (χ1n) is 11.5. The molecule has 37 heavy (non-hydrogen) atoms. The number of carbonyl (C=O) groups excluding carboxylic acids is 2. The number of aliphatic hydroxyl groups excluding tert-OH is 1. The number of halogens is 4. The van der Waals surface area contributed by atoms with Crippen LogP contribution in [0.3, 0.4) is 0 Å². The highest BCUT2D eigenvalue weighted by Crippen LogP contribution is 2.34. The number of piperidine rings is 1. The summed E-state index contributed by atoms with van der Waals surface area (Å²) in [6.45, 7) is 4.81. The number of pyridine rings is 1. The molecule has 0 aliphatic carbocycles. The van der Waals surface area contributed by atoms with Crippen molar-refractivity contribution in [2.45, 2.75) is 57.3 Å². The Morgan fingerprint density at radius 3 is 2.49 bits per heavy atom. The summed E-state index contributed by atoms with van der Waals surface area (Å²) in [6, 6.07) is 4.45. The van der Waals surface area contributed by atoms with Crippen LogP contribution in [-0.2, 0) is 9.47 Å². The number of aromatic nitrogens is 1. The lowest BCUT2D eigenvalue weighted by atomic mass is 9.83. The third-order valence-electron chi connectivity index (χ3n) is 5.92. The van der Waals surface area contributed by atoms with E-state index in [9.17, 15) is 32.3 Å². The van der Waals surface area contributed by atoms with Gasteiger partial charge in [0.15, 0.2) is 11.6 Å². The van der Waals surface area contributed by atoms with Gasteiger partial charge in [0.25, 0.3) is 6.43 Å². The van der Waals surface area contributed by atoms with Gasteiger partial charge in [-0.1, -0.05) is 0 Å². The van der Waals surface area contributed by atoms with Gasteiger partial charge in [0.05, 0.1) is 35.8 Å². The summed E-state index contributed by atoms with van der Waals surface area (Å²) in [4.78, 5) is 31.0. The van der Waals surface area contributed by atoms with E-state index >= 15 is 0 Å². The van der Waals surface area contributed by atoms with Crippen molar-refractivity contribution in [3.8, 4) is 11.3 Å². The van der Waals surface area contributed by atoms with E-state index in [0.717, 1.165) is 19.2 Å². The molecule has 8 nitrogen and oxygen atoms in total. The molecule has 2 aromatic rings. The van der Waals surface area contributed by atoms with Gasteiger partial charge in [-0.2, -0.15) is 0 Å². The standard InChI is InChI=1S/C25H29F4N3O5/c1-24(2,3)37-23(35)31-25(20(33)21(28)29)8-5-9-32(13-25)19-12-30-18(11-15(19)22(34)36-4)14-6-7-16(26)17(27)10-14/h6-7,10-12,20-21,33H,5,8-9,13H2,1-4H3,(H,31,35). The Morgan fingerprint density at radius 2 is 1.89 bits per heavy atom. The number of alkyl carbamates (subject to hydrolysis) is 1. The highest BCUT2D eigenvalue weighted by molar-refractivity contribution is 5.97. The molecule has 0 bridgehead atoms. The summed E-state index contributed by atoms with van der Waals surface area (Å²) in [6.07, 6.45) is -4.83. The van der Waals surface area contributed by atoms with Crippen LogP contribution in [0.4, 0.5) is 28.0 Å². The second kappa shape index (κ2) is 10.9. The van der Waals surface area contributed by atoms with Crippen LogP contribution in [-0.4, -0.2) is 66.0 Å². The van der Waals surface area contributed by atoms with E-state index in [1.165, 1.54) is 23.2 Å². The van der Waals surface area contributed by atoms with Crippen LogP contribution in [0.5, 0.6) is 0 Å². The number of hydrogen-bond donors (Lipinski definition) is 2. The van der Waals surface area contributed by atoms with E-state index < -0.39 is 47.4 Å². The van der Waals surface area contributed by atoms with Crippen LogP contribution in [0.2, 0.25) is 0 Å². The van der Waals surface area contributed by atoms with E-state index in [1.54, 1.807) is 20.8 Å². The molecule has 1 saturated heterocycles. The molecule has 202 valence electrons. The molecule has 1 amide bonds. The molecule has 1 aliphatic heterocycles. The van der Waals surface area contributed by atoms with Gasteiger partial charge in [-0.05, 0) is 57.9 Å². The monoisotopic (exact) mass is 527 g/mol. The minimum Gasteiger partial charge on any atom is -0.465 e. The van der Waals surface area contributed by atoms with E-state index in [-0.39, 0.29) is 48.4 Å². The molecule has 1 aromatic heterocycles. The Labute approximate surface area is 211 Å². The highest BCUT2D eigenvalue weighted by Gasteiger charge is 2.48. The molecule has 3 rings (SSSR count). The molecule has 0 spiro atoms. The SMILES string of the molecule is COC(=O)c1cc(-c2ccc(F)c(F)c2)ncc1N1CCCC(NC(=O)OC(C)(C)C)(C(O)C(F)F)C1. The van der Waals surface area contributed by atoms with Gasteiger partial charge >= 0.3 is 12.1 Å². The van der Waals surface area contributed by atoms with Crippen LogP contribution < -0.4 is 10.2 Å². The second-order valence-electron chi connectivity index (χ2n) is 9.79. The smallest absolute Gasteiger partial charge is 0.408 e. The number of rotatable bonds is 6. The number of nitrogens with zero attached hydrogens (tertiary/aromatic N) is 2. The number of nitrogens with one attached hydrogen (secondary N) is 1. The number of carbonyl (C=O) groups is 2. The lowest BCUT2D eigenvalue weighted by Crippen LogP contribution is -2.67. The average Bonchev–Trinajstić information content (AvgIpc) is 2.83. The van der Waals surface area contributed by atoms with Crippen molar-refractivity contribution in [1.82, 2.24) is 10.3 Å². The molecule has 0 radical (unpaired) electrons. The Morgan fingerprint density at radius 1 is 1.19 bits per heavy atom. The highest BCUT2D eigenvalue weighted by atomic mass is 19.3. The van der Waals surface area contributed by atoms with E-state index in [2.05, 4.69) is 10.3 Å².